The average Bonchev–Trinajstić information content (AvgIpc) is 3.21. The number of benzene rings is 2. The van der Waals surface area contributed by atoms with Crippen LogP contribution >= 0.6 is 0 Å². The number of piperazine rings is 1. The smallest absolute Gasteiger partial charge is 0.223 e. The van der Waals surface area contributed by atoms with Crippen LogP contribution in [0.5, 0.6) is 5.75 Å². The van der Waals surface area contributed by atoms with Gasteiger partial charge in [-0.3, -0.25) is 14.5 Å². The van der Waals surface area contributed by atoms with Crippen LogP contribution in [-0.4, -0.2) is 54.3 Å². The van der Waals surface area contributed by atoms with Crippen LogP contribution in [0.4, 0.5) is 0 Å². The third-order valence-corrected chi connectivity index (χ3v) is 5.55. The highest BCUT2D eigenvalue weighted by Crippen LogP contribution is 2.26. The van der Waals surface area contributed by atoms with Crippen LogP contribution in [0.15, 0.2) is 48.5 Å². The van der Waals surface area contributed by atoms with Gasteiger partial charge in [-0.25, -0.2) is 0 Å². The second-order valence-corrected chi connectivity index (χ2v) is 7.49. The molecule has 5 nitrogen and oxygen atoms in total. The van der Waals surface area contributed by atoms with Gasteiger partial charge in [0.15, 0.2) is 5.78 Å². The Morgan fingerprint density at radius 3 is 2.50 bits per heavy atom. The largest absolute Gasteiger partial charge is 0.493 e. The number of hydrogen-bond donors (Lipinski definition) is 0. The number of ketones is 1. The molecule has 4 rings (SSSR count). The fourth-order valence-electron chi connectivity index (χ4n) is 3.90. The van der Waals surface area contributed by atoms with Crippen molar-refractivity contribution >= 4 is 11.7 Å². The van der Waals surface area contributed by atoms with Gasteiger partial charge in [-0.05, 0) is 17.2 Å². The van der Waals surface area contributed by atoms with Crippen molar-refractivity contribution in [2.75, 3.05) is 32.8 Å². The van der Waals surface area contributed by atoms with Gasteiger partial charge < -0.3 is 9.64 Å². The van der Waals surface area contributed by atoms with E-state index in [1.807, 2.05) is 23.1 Å². The van der Waals surface area contributed by atoms with E-state index in [0.717, 1.165) is 51.5 Å². The van der Waals surface area contributed by atoms with E-state index in [4.69, 9.17) is 4.74 Å². The fraction of sp³-hybridized carbons (Fsp3) is 0.391. The molecular weight excluding hydrogens is 352 g/mol. The fourth-order valence-corrected chi connectivity index (χ4v) is 3.90. The monoisotopic (exact) mass is 378 g/mol. The van der Waals surface area contributed by atoms with Crippen LogP contribution < -0.4 is 4.74 Å². The van der Waals surface area contributed by atoms with Gasteiger partial charge in [0.05, 0.1) is 6.61 Å². The molecule has 0 N–H and O–H groups in total. The maximum Gasteiger partial charge on any atom is 0.223 e. The first-order valence-electron chi connectivity index (χ1n) is 10.0. The summed E-state index contributed by atoms with van der Waals surface area (Å²) in [7, 11) is 0. The SMILES string of the molecule is O=C(CCC(=O)N1CCN(Cc2ccc3c(c2)CCO3)CC1)c1ccccc1. The Balaban J connectivity index is 1.22. The normalized spacial score (nSPS) is 16.5. The standard InChI is InChI=1S/C23H26N2O3/c26-21(19-4-2-1-3-5-19)7-9-23(27)25-13-11-24(12-14-25)17-18-6-8-22-20(16-18)10-15-28-22/h1-6,8,16H,7,9-15,17H2. The van der Waals surface area contributed by atoms with E-state index in [1.165, 1.54) is 11.1 Å². The Labute approximate surface area is 165 Å². The number of hydrogen-bond acceptors (Lipinski definition) is 4. The van der Waals surface area contributed by atoms with Crippen molar-refractivity contribution in [1.82, 2.24) is 9.80 Å². The quantitative estimate of drug-likeness (QED) is 0.726. The number of amides is 1. The number of carbonyl (C=O) groups excluding carboxylic acids is 2. The molecule has 2 aromatic rings. The number of carbonyl (C=O) groups is 2. The van der Waals surface area contributed by atoms with E-state index in [-0.39, 0.29) is 18.1 Å². The van der Waals surface area contributed by atoms with Crippen molar-refractivity contribution in [3.63, 3.8) is 0 Å². The molecular formula is C23H26N2O3. The molecule has 0 radical (unpaired) electrons. The van der Waals surface area contributed by atoms with Crippen LogP contribution in [0.25, 0.3) is 0 Å². The Morgan fingerprint density at radius 2 is 1.71 bits per heavy atom. The van der Waals surface area contributed by atoms with Gasteiger partial charge in [0.2, 0.25) is 5.91 Å². The third kappa shape index (κ3) is 4.42. The van der Waals surface area contributed by atoms with Gasteiger partial charge in [-0.2, -0.15) is 0 Å². The lowest BCUT2D eigenvalue weighted by Gasteiger charge is -2.34. The van der Waals surface area contributed by atoms with Crippen molar-refractivity contribution < 1.29 is 14.3 Å². The predicted octanol–water partition coefficient (Wildman–Crippen LogP) is 2.93. The average molecular weight is 378 g/mol. The second kappa shape index (κ2) is 8.57. The molecule has 0 saturated carbocycles. The summed E-state index contributed by atoms with van der Waals surface area (Å²) in [6, 6.07) is 15.6. The lowest BCUT2D eigenvalue weighted by atomic mass is 10.1. The van der Waals surface area contributed by atoms with E-state index in [0.29, 0.717) is 12.0 Å². The lowest BCUT2D eigenvalue weighted by molar-refractivity contribution is -0.132. The minimum Gasteiger partial charge on any atom is -0.493 e. The van der Waals surface area contributed by atoms with Crippen LogP contribution in [0.1, 0.15) is 34.3 Å². The van der Waals surface area contributed by atoms with Crippen LogP contribution in [-0.2, 0) is 17.8 Å². The summed E-state index contributed by atoms with van der Waals surface area (Å²) in [6.07, 6.45) is 1.56. The molecule has 0 bridgehead atoms. The maximum atomic E-state index is 12.5. The molecule has 28 heavy (non-hydrogen) atoms. The zero-order chi connectivity index (χ0) is 19.3. The topological polar surface area (TPSA) is 49.9 Å². The highest BCUT2D eigenvalue weighted by Gasteiger charge is 2.22. The van der Waals surface area contributed by atoms with Crippen LogP contribution in [0.2, 0.25) is 0 Å². The molecule has 2 aromatic carbocycles. The summed E-state index contributed by atoms with van der Waals surface area (Å²) < 4.78 is 5.57. The van der Waals surface area contributed by atoms with Gasteiger partial charge in [0, 0.05) is 57.5 Å². The number of ether oxygens (including phenoxy) is 1. The Bertz CT molecular complexity index is 842. The zero-order valence-electron chi connectivity index (χ0n) is 16.1. The number of Topliss-reactive ketones (excluding diaryl/α,β-unsaturated/α-hetero) is 1. The van der Waals surface area contributed by atoms with Gasteiger partial charge in [0.1, 0.15) is 5.75 Å². The van der Waals surface area contributed by atoms with E-state index in [9.17, 15) is 9.59 Å². The Hall–Kier alpha value is -2.66. The zero-order valence-corrected chi connectivity index (χ0v) is 16.1. The molecule has 0 aliphatic carbocycles. The van der Waals surface area contributed by atoms with E-state index in [2.05, 4.69) is 23.1 Å². The molecule has 0 aromatic heterocycles. The number of nitrogens with zero attached hydrogens (tertiary/aromatic N) is 2. The molecule has 2 aliphatic rings. The van der Waals surface area contributed by atoms with E-state index < -0.39 is 0 Å². The Morgan fingerprint density at radius 1 is 0.929 bits per heavy atom. The molecule has 2 heterocycles. The molecule has 1 fully saturated rings. The highest BCUT2D eigenvalue weighted by atomic mass is 16.5. The highest BCUT2D eigenvalue weighted by molar-refractivity contribution is 5.97. The summed E-state index contributed by atoms with van der Waals surface area (Å²) >= 11 is 0. The van der Waals surface area contributed by atoms with Crippen molar-refractivity contribution in [2.45, 2.75) is 25.8 Å². The molecule has 0 unspecified atom stereocenters. The molecule has 146 valence electrons. The van der Waals surface area contributed by atoms with Crippen molar-refractivity contribution in [3.05, 3.63) is 65.2 Å². The van der Waals surface area contributed by atoms with Crippen molar-refractivity contribution in [3.8, 4) is 5.75 Å². The molecule has 1 amide bonds. The molecule has 0 spiro atoms. The van der Waals surface area contributed by atoms with Gasteiger partial charge in [0.25, 0.3) is 0 Å². The van der Waals surface area contributed by atoms with E-state index >= 15 is 0 Å². The van der Waals surface area contributed by atoms with Crippen molar-refractivity contribution in [1.29, 1.82) is 0 Å². The predicted molar refractivity (Wildman–Crippen MR) is 108 cm³/mol. The number of fused-ring (bicyclic) bond motifs is 1. The summed E-state index contributed by atoms with van der Waals surface area (Å²) in [5.41, 5.74) is 3.28. The first-order valence-corrected chi connectivity index (χ1v) is 10.0. The van der Waals surface area contributed by atoms with Crippen molar-refractivity contribution in [2.24, 2.45) is 0 Å². The van der Waals surface area contributed by atoms with Gasteiger partial charge >= 0.3 is 0 Å². The lowest BCUT2D eigenvalue weighted by Crippen LogP contribution is -2.48. The molecule has 5 heteroatoms. The summed E-state index contributed by atoms with van der Waals surface area (Å²) in [6.45, 7) is 4.88. The van der Waals surface area contributed by atoms with Crippen LogP contribution in [0.3, 0.4) is 0 Å². The Kier molecular flexibility index (Phi) is 5.72. The van der Waals surface area contributed by atoms with E-state index in [1.54, 1.807) is 12.1 Å². The second-order valence-electron chi connectivity index (χ2n) is 7.49. The van der Waals surface area contributed by atoms with Crippen LogP contribution in [0, 0.1) is 0 Å². The number of rotatable bonds is 6. The minimum atomic E-state index is 0.0353. The van der Waals surface area contributed by atoms with Gasteiger partial charge in [-0.1, -0.05) is 42.5 Å². The summed E-state index contributed by atoms with van der Waals surface area (Å²) in [4.78, 5) is 28.9. The third-order valence-electron chi connectivity index (χ3n) is 5.55. The molecule has 0 atom stereocenters. The minimum absolute atomic E-state index is 0.0353. The van der Waals surface area contributed by atoms with Gasteiger partial charge in [-0.15, -0.1) is 0 Å². The summed E-state index contributed by atoms with van der Waals surface area (Å²) in [5.74, 6) is 1.14. The maximum absolute atomic E-state index is 12.5. The first kappa shape index (κ1) is 18.7. The molecule has 2 aliphatic heterocycles. The summed E-state index contributed by atoms with van der Waals surface area (Å²) in [5, 5.41) is 0. The first-order chi connectivity index (χ1) is 13.7. The molecule has 1 saturated heterocycles.